The summed E-state index contributed by atoms with van der Waals surface area (Å²) >= 11 is 0.967. The van der Waals surface area contributed by atoms with Crippen LogP contribution in [-0.2, 0) is 13.6 Å². The van der Waals surface area contributed by atoms with Gasteiger partial charge < -0.3 is 9.38 Å². The van der Waals surface area contributed by atoms with E-state index in [2.05, 4.69) is 4.52 Å². The van der Waals surface area contributed by atoms with Crippen molar-refractivity contribution in [2.45, 2.75) is 0 Å². The molecule has 1 unspecified atom stereocenters. The summed E-state index contributed by atoms with van der Waals surface area (Å²) in [5.74, 6) is 0.347. The molecule has 0 aliphatic carbocycles. The van der Waals surface area contributed by atoms with Crippen molar-refractivity contribution in [3.8, 4) is 5.40 Å². The molecule has 0 spiro atoms. The predicted molar refractivity (Wildman–Crippen MR) is 62.7 cm³/mol. The highest BCUT2D eigenvalue weighted by Gasteiger charge is 2.21. The monoisotopic (exact) mass is 269 g/mol. The fourth-order valence-corrected chi connectivity index (χ4v) is 1.80. The van der Waals surface area contributed by atoms with Crippen molar-refractivity contribution in [2.75, 3.05) is 46.7 Å². The Morgan fingerprint density at radius 2 is 1.94 bits per heavy atom. The number of thiocyanates is 1. The van der Waals surface area contributed by atoms with E-state index < -0.39 is 7.82 Å². The maximum absolute atomic E-state index is 11.3. The second-order valence-electron chi connectivity index (χ2n) is 4.09. The summed E-state index contributed by atoms with van der Waals surface area (Å²) in [6, 6.07) is 0. The molecular weight excluding hydrogens is 251 g/mol. The third kappa shape index (κ3) is 10.4. The van der Waals surface area contributed by atoms with Crippen molar-refractivity contribution in [1.29, 1.82) is 5.26 Å². The zero-order valence-corrected chi connectivity index (χ0v) is 11.5. The Kier molecular flexibility index (Phi) is 7.24. The van der Waals surface area contributed by atoms with Crippen molar-refractivity contribution in [2.24, 2.45) is 0 Å². The Hall–Kier alpha value is -0.0900. The number of thioether (sulfide) groups is 1. The fourth-order valence-electron chi connectivity index (χ4n) is 0.707. The molecule has 0 aromatic carbocycles. The quantitative estimate of drug-likeness (QED) is 0.307. The summed E-state index contributed by atoms with van der Waals surface area (Å²) in [5.41, 5.74) is 0. The summed E-state index contributed by atoms with van der Waals surface area (Å²) in [4.78, 5) is 9.22. The van der Waals surface area contributed by atoms with Crippen LogP contribution in [0.4, 0.5) is 0 Å². The van der Waals surface area contributed by atoms with Crippen LogP contribution in [0.2, 0.25) is 0 Å². The number of phosphoric ester groups is 1. The second kappa shape index (κ2) is 7.28. The molecule has 0 saturated heterocycles. The number of hydrogen-bond acceptors (Lipinski definition) is 5. The van der Waals surface area contributed by atoms with Crippen molar-refractivity contribution in [1.82, 2.24) is 0 Å². The molecule has 0 aliphatic rings. The predicted octanol–water partition coefficient (Wildman–Crippen LogP) is 1.04. The SMILES string of the molecule is C[N+](C)(C)CCOP(=O)(O)OCCSC#N. The Labute approximate surface area is 100 Å². The Morgan fingerprint density at radius 3 is 2.44 bits per heavy atom. The lowest BCUT2D eigenvalue weighted by molar-refractivity contribution is -0.870. The maximum Gasteiger partial charge on any atom is 0.472 e. The Bertz CT molecular complexity index is 287. The van der Waals surface area contributed by atoms with Gasteiger partial charge in [0.25, 0.3) is 0 Å². The van der Waals surface area contributed by atoms with Crippen LogP contribution in [0, 0.1) is 10.7 Å². The molecule has 8 heteroatoms. The molecule has 1 N–H and O–H groups in total. The molecule has 0 saturated carbocycles. The molecular formula is C8H18N2O4PS+. The van der Waals surface area contributed by atoms with Crippen molar-refractivity contribution in [3.63, 3.8) is 0 Å². The Balaban J connectivity index is 3.71. The van der Waals surface area contributed by atoms with Crippen LogP contribution in [0.1, 0.15) is 0 Å². The normalized spacial score (nSPS) is 15.4. The van der Waals surface area contributed by atoms with Gasteiger partial charge in [0.05, 0.1) is 27.7 Å². The minimum Gasteiger partial charge on any atom is -0.329 e. The fraction of sp³-hybridized carbons (Fsp3) is 0.875. The number of hydrogen-bond donors (Lipinski definition) is 1. The molecule has 6 nitrogen and oxygen atoms in total. The van der Waals surface area contributed by atoms with E-state index in [9.17, 15) is 9.46 Å². The number of phosphoric acid groups is 1. The van der Waals surface area contributed by atoms with Crippen LogP contribution in [0.15, 0.2) is 0 Å². The van der Waals surface area contributed by atoms with E-state index in [-0.39, 0.29) is 13.2 Å². The van der Waals surface area contributed by atoms with Crippen LogP contribution in [-0.4, -0.2) is 56.0 Å². The first-order chi connectivity index (χ1) is 7.27. The van der Waals surface area contributed by atoms with Gasteiger partial charge in [0.2, 0.25) is 0 Å². The average Bonchev–Trinajstić information content (AvgIpc) is 2.10. The number of likely N-dealkylation sites (N-methyl/N-ethyl adjacent to an activating group) is 1. The van der Waals surface area contributed by atoms with Crippen molar-refractivity contribution < 1.29 is 23.0 Å². The van der Waals surface area contributed by atoms with Gasteiger partial charge in [0, 0.05) is 5.75 Å². The number of nitriles is 1. The molecule has 0 heterocycles. The van der Waals surface area contributed by atoms with Gasteiger partial charge in [-0.25, -0.2) is 4.57 Å². The van der Waals surface area contributed by atoms with Gasteiger partial charge in [-0.05, 0) is 11.8 Å². The molecule has 94 valence electrons. The highest BCUT2D eigenvalue weighted by atomic mass is 32.2. The van der Waals surface area contributed by atoms with Crippen LogP contribution < -0.4 is 0 Å². The van der Waals surface area contributed by atoms with E-state index >= 15 is 0 Å². The van der Waals surface area contributed by atoms with Crippen LogP contribution in [0.5, 0.6) is 0 Å². The molecule has 16 heavy (non-hydrogen) atoms. The molecule has 0 fully saturated rings. The smallest absolute Gasteiger partial charge is 0.329 e. The van der Waals surface area contributed by atoms with Gasteiger partial charge >= 0.3 is 7.82 Å². The second-order valence-corrected chi connectivity index (χ2v) is 6.42. The first-order valence-electron chi connectivity index (χ1n) is 4.70. The van der Waals surface area contributed by atoms with Gasteiger partial charge in [0.1, 0.15) is 18.6 Å². The molecule has 1 atom stereocenters. The minimum absolute atomic E-state index is 0.0242. The molecule has 0 aromatic heterocycles. The third-order valence-corrected chi connectivity index (χ3v) is 3.04. The lowest BCUT2D eigenvalue weighted by Crippen LogP contribution is -2.37. The minimum atomic E-state index is -3.95. The lowest BCUT2D eigenvalue weighted by Gasteiger charge is -2.23. The van der Waals surface area contributed by atoms with Gasteiger partial charge in [-0.3, -0.25) is 9.05 Å². The highest BCUT2D eigenvalue weighted by Crippen LogP contribution is 2.42. The number of nitrogens with zero attached hydrogens (tertiary/aromatic N) is 2. The van der Waals surface area contributed by atoms with E-state index in [1.807, 2.05) is 26.5 Å². The topological polar surface area (TPSA) is 79.6 Å². The van der Waals surface area contributed by atoms with Crippen molar-refractivity contribution in [3.05, 3.63) is 0 Å². The van der Waals surface area contributed by atoms with Crippen LogP contribution in [0.25, 0.3) is 0 Å². The van der Waals surface area contributed by atoms with Gasteiger partial charge in [-0.15, -0.1) is 0 Å². The molecule has 0 bridgehead atoms. The Morgan fingerprint density at radius 1 is 1.38 bits per heavy atom. The zero-order chi connectivity index (χ0) is 12.7. The standard InChI is InChI=1S/C8H17N2O4PS/c1-10(2,3)4-5-13-15(11,12)14-6-7-16-8-9/h4-7H2,1-3H3/p+1. The first-order valence-corrected chi connectivity index (χ1v) is 7.18. The van der Waals surface area contributed by atoms with Crippen LogP contribution >= 0.6 is 19.6 Å². The molecule has 0 rings (SSSR count). The van der Waals surface area contributed by atoms with Gasteiger partial charge in [-0.1, -0.05) is 0 Å². The van der Waals surface area contributed by atoms with Crippen LogP contribution in [0.3, 0.4) is 0 Å². The van der Waals surface area contributed by atoms with E-state index in [1.54, 1.807) is 0 Å². The van der Waals surface area contributed by atoms with E-state index in [4.69, 9.17) is 9.79 Å². The molecule has 0 radical (unpaired) electrons. The summed E-state index contributed by atoms with van der Waals surface area (Å²) in [5, 5.41) is 10.1. The van der Waals surface area contributed by atoms with E-state index in [0.29, 0.717) is 16.8 Å². The maximum atomic E-state index is 11.3. The number of quaternary nitrogens is 1. The zero-order valence-electron chi connectivity index (χ0n) is 9.75. The lowest BCUT2D eigenvalue weighted by atomic mass is 10.5. The average molecular weight is 269 g/mol. The summed E-state index contributed by atoms with van der Waals surface area (Å²) < 4.78 is 21.3. The van der Waals surface area contributed by atoms with E-state index in [0.717, 1.165) is 11.8 Å². The van der Waals surface area contributed by atoms with E-state index in [1.165, 1.54) is 0 Å². The third-order valence-electron chi connectivity index (χ3n) is 1.52. The van der Waals surface area contributed by atoms with Gasteiger partial charge in [0.15, 0.2) is 0 Å². The molecule has 0 aromatic rings. The molecule has 0 amide bonds. The number of rotatable bonds is 8. The summed E-state index contributed by atoms with van der Waals surface area (Å²) in [6.07, 6.45) is 0. The summed E-state index contributed by atoms with van der Waals surface area (Å²) in [7, 11) is 1.91. The first kappa shape index (κ1) is 15.9. The largest absolute Gasteiger partial charge is 0.472 e. The summed E-state index contributed by atoms with van der Waals surface area (Å²) in [6.45, 7) is 0.792. The van der Waals surface area contributed by atoms with Gasteiger partial charge in [-0.2, -0.15) is 5.26 Å². The molecule has 0 aliphatic heterocycles. The highest BCUT2D eigenvalue weighted by molar-refractivity contribution is 8.03. The van der Waals surface area contributed by atoms with Crippen molar-refractivity contribution >= 4 is 19.6 Å².